The van der Waals surface area contributed by atoms with Gasteiger partial charge in [0.05, 0.1) is 5.41 Å². The Morgan fingerprint density at radius 3 is 2.30 bits per heavy atom. The molecule has 0 spiro atoms. The molecule has 0 aliphatic heterocycles. The molecule has 0 unspecified atom stereocenters. The Morgan fingerprint density at radius 2 is 1.82 bits per heavy atom. The van der Waals surface area contributed by atoms with Crippen LogP contribution in [-0.2, 0) is 11.2 Å². The van der Waals surface area contributed by atoms with Gasteiger partial charge in [-0.25, -0.2) is 0 Å². The van der Waals surface area contributed by atoms with Gasteiger partial charge in [-0.2, -0.15) is 13.2 Å². The Balaban J connectivity index is 1.66. The summed E-state index contributed by atoms with van der Waals surface area (Å²) < 4.78 is 41.5. The number of nitrogens with zero attached hydrogens (tertiary/aromatic N) is 2. The second-order valence-electron chi connectivity index (χ2n) is 8.85. The molecule has 2 aromatic rings. The van der Waals surface area contributed by atoms with Crippen LogP contribution in [0.4, 0.5) is 13.2 Å². The van der Waals surface area contributed by atoms with Crippen LogP contribution < -0.4 is 11.1 Å². The van der Waals surface area contributed by atoms with Gasteiger partial charge in [-0.1, -0.05) is 18.2 Å². The number of primary amides is 1. The molecular weight excluding hydrogens is 433 g/mol. The van der Waals surface area contributed by atoms with Crippen molar-refractivity contribution in [3.63, 3.8) is 0 Å². The lowest BCUT2D eigenvalue weighted by atomic mass is 9.82. The minimum absolute atomic E-state index is 0.00659. The maximum Gasteiger partial charge on any atom is 0.395 e. The summed E-state index contributed by atoms with van der Waals surface area (Å²) in [4.78, 5) is 30.1. The number of nitrogens with two attached hydrogens (primary N) is 1. The monoisotopic (exact) mass is 462 g/mol. The van der Waals surface area contributed by atoms with Gasteiger partial charge in [0.15, 0.2) is 0 Å². The summed E-state index contributed by atoms with van der Waals surface area (Å²) in [5.41, 5.74) is 5.04. The fourth-order valence-electron chi connectivity index (χ4n) is 4.13. The topological polar surface area (TPSA) is 88.3 Å². The number of likely N-dealkylation sites (N-methyl/N-ethyl adjacent to an activating group) is 1. The fourth-order valence-corrected chi connectivity index (χ4v) is 4.13. The first-order valence-electron chi connectivity index (χ1n) is 10.8. The van der Waals surface area contributed by atoms with Crippen molar-refractivity contribution in [1.29, 1.82) is 0 Å². The standard InChI is InChI=1S/C24H29F3N4O2/c1-31(2)18(13-16-6-8-17(9-7-16)22(28)33)15-30-21(32)14-19(20-5-3-4-12-29-20)23(10-11-23)24(25,26)27/h3-9,12,18-19H,10-11,13-15H2,1-2H3,(H2,28,33)(H,30,32)/t18-,19+/m0/s1. The van der Waals surface area contributed by atoms with Gasteiger partial charge >= 0.3 is 6.18 Å². The Kier molecular flexibility index (Phi) is 7.41. The van der Waals surface area contributed by atoms with Gasteiger partial charge in [0, 0.05) is 42.4 Å². The third-order valence-electron chi connectivity index (χ3n) is 6.43. The average molecular weight is 463 g/mol. The quantitative estimate of drug-likeness (QED) is 0.567. The third-order valence-corrected chi connectivity index (χ3v) is 6.43. The van der Waals surface area contributed by atoms with E-state index in [9.17, 15) is 22.8 Å². The Hall–Kier alpha value is -2.94. The number of pyridine rings is 1. The number of hydrogen-bond donors (Lipinski definition) is 2. The molecule has 3 rings (SSSR count). The molecule has 3 N–H and O–H groups in total. The summed E-state index contributed by atoms with van der Waals surface area (Å²) in [6, 6.07) is 11.7. The van der Waals surface area contributed by atoms with Gasteiger partial charge < -0.3 is 16.0 Å². The number of carbonyl (C=O) groups excluding carboxylic acids is 2. The molecule has 2 atom stereocenters. The lowest BCUT2D eigenvalue weighted by molar-refractivity contribution is -0.195. The largest absolute Gasteiger partial charge is 0.395 e. The molecule has 1 aromatic heterocycles. The predicted molar refractivity (Wildman–Crippen MR) is 118 cm³/mol. The van der Waals surface area contributed by atoms with Crippen LogP contribution in [0.15, 0.2) is 48.7 Å². The van der Waals surface area contributed by atoms with E-state index >= 15 is 0 Å². The molecule has 1 aromatic carbocycles. The first kappa shape index (κ1) is 24.7. The smallest absolute Gasteiger partial charge is 0.366 e. The molecule has 1 saturated carbocycles. The Bertz CT molecular complexity index is 958. The zero-order chi connectivity index (χ0) is 24.2. The van der Waals surface area contributed by atoms with Crippen molar-refractivity contribution in [2.45, 2.75) is 43.8 Å². The zero-order valence-electron chi connectivity index (χ0n) is 18.7. The molecule has 1 aliphatic rings. The maximum absolute atomic E-state index is 13.8. The highest BCUT2D eigenvalue weighted by Crippen LogP contribution is 2.65. The summed E-state index contributed by atoms with van der Waals surface area (Å²) in [6.07, 6.45) is -2.61. The van der Waals surface area contributed by atoms with Crippen LogP contribution in [-0.4, -0.2) is 54.6 Å². The molecule has 1 fully saturated rings. The summed E-state index contributed by atoms with van der Waals surface area (Å²) in [7, 11) is 3.74. The van der Waals surface area contributed by atoms with Crippen molar-refractivity contribution in [1.82, 2.24) is 15.2 Å². The molecule has 1 aliphatic carbocycles. The van der Waals surface area contributed by atoms with Crippen molar-refractivity contribution in [2.75, 3.05) is 20.6 Å². The number of amides is 2. The molecule has 2 amide bonds. The number of benzene rings is 1. The van der Waals surface area contributed by atoms with E-state index in [-0.39, 0.29) is 31.8 Å². The van der Waals surface area contributed by atoms with Crippen LogP contribution in [0, 0.1) is 5.41 Å². The molecule has 6 nitrogen and oxygen atoms in total. The predicted octanol–water partition coefficient (Wildman–Crippen LogP) is 3.29. The molecular formula is C24H29F3N4O2. The highest BCUT2D eigenvalue weighted by atomic mass is 19.4. The highest BCUT2D eigenvalue weighted by Gasteiger charge is 2.67. The molecule has 178 valence electrons. The van der Waals surface area contributed by atoms with Crippen molar-refractivity contribution in [2.24, 2.45) is 11.1 Å². The summed E-state index contributed by atoms with van der Waals surface area (Å²) in [5, 5.41) is 2.82. The van der Waals surface area contributed by atoms with Crippen molar-refractivity contribution >= 4 is 11.8 Å². The fraction of sp³-hybridized carbons (Fsp3) is 0.458. The average Bonchev–Trinajstić information content (AvgIpc) is 3.57. The summed E-state index contributed by atoms with van der Waals surface area (Å²) in [6.45, 7) is 0.275. The second kappa shape index (κ2) is 9.91. The molecule has 9 heteroatoms. The van der Waals surface area contributed by atoms with Gasteiger partial charge in [0.1, 0.15) is 0 Å². The molecule has 0 bridgehead atoms. The second-order valence-corrected chi connectivity index (χ2v) is 8.85. The van der Waals surface area contributed by atoms with Gasteiger partial charge in [-0.05, 0) is 63.2 Å². The van der Waals surface area contributed by atoms with E-state index in [1.54, 1.807) is 42.5 Å². The lowest BCUT2D eigenvalue weighted by Crippen LogP contribution is -2.42. The van der Waals surface area contributed by atoms with Crippen LogP contribution in [0.5, 0.6) is 0 Å². The van der Waals surface area contributed by atoms with Crippen LogP contribution >= 0.6 is 0 Å². The van der Waals surface area contributed by atoms with E-state index in [2.05, 4.69) is 10.3 Å². The van der Waals surface area contributed by atoms with E-state index in [1.165, 1.54) is 6.20 Å². The Labute approximate surface area is 191 Å². The number of alkyl halides is 3. The van der Waals surface area contributed by atoms with E-state index in [0.29, 0.717) is 17.7 Å². The molecule has 0 radical (unpaired) electrons. The number of carbonyl (C=O) groups is 2. The number of halogens is 3. The van der Waals surface area contributed by atoms with E-state index in [4.69, 9.17) is 5.73 Å². The number of hydrogen-bond acceptors (Lipinski definition) is 4. The summed E-state index contributed by atoms with van der Waals surface area (Å²) >= 11 is 0. The minimum Gasteiger partial charge on any atom is -0.366 e. The number of rotatable bonds is 10. The zero-order valence-corrected chi connectivity index (χ0v) is 18.7. The van der Waals surface area contributed by atoms with Gasteiger partial charge in [-0.15, -0.1) is 0 Å². The van der Waals surface area contributed by atoms with E-state index in [1.807, 2.05) is 19.0 Å². The van der Waals surface area contributed by atoms with Gasteiger partial charge in [0.2, 0.25) is 11.8 Å². The van der Waals surface area contributed by atoms with Crippen LogP contribution in [0.2, 0.25) is 0 Å². The number of nitrogens with one attached hydrogen (secondary N) is 1. The summed E-state index contributed by atoms with van der Waals surface area (Å²) in [5.74, 6) is -1.96. The normalized spacial score (nSPS) is 16.8. The van der Waals surface area contributed by atoms with Crippen molar-refractivity contribution in [3.8, 4) is 0 Å². The third kappa shape index (κ3) is 5.90. The molecule has 33 heavy (non-hydrogen) atoms. The Morgan fingerprint density at radius 1 is 1.15 bits per heavy atom. The van der Waals surface area contributed by atoms with Crippen LogP contribution in [0.1, 0.15) is 46.8 Å². The van der Waals surface area contributed by atoms with Crippen molar-refractivity contribution < 1.29 is 22.8 Å². The lowest BCUT2D eigenvalue weighted by Gasteiger charge is -2.29. The first-order valence-corrected chi connectivity index (χ1v) is 10.8. The minimum atomic E-state index is -4.39. The van der Waals surface area contributed by atoms with E-state index in [0.717, 1.165) is 5.56 Å². The maximum atomic E-state index is 13.8. The molecule has 0 saturated heterocycles. The first-order chi connectivity index (χ1) is 15.5. The SMILES string of the molecule is CN(C)[C@H](CNC(=O)C[C@H](c1ccccn1)C1(C(F)(F)F)CC1)Cc1ccc(C(N)=O)cc1. The van der Waals surface area contributed by atoms with Crippen molar-refractivity contribution in [3.05, 3.63) is 65.5 Å². The van der Waals surface area contributed by atoms with Gasteiger partial charge in [0.25, 0.3) is 0 Å². The highest BCUT2D eigenvalue weighted by molar-refractivity contribution is 5.92. The van der Waals surface area contributed by atoms with Crippen LogP contribution in [0.3, 0.4) is 0 Å². The van der Waals surface area contributed by atoms with Crippen LogP contribution in [0.25, 0.3) is 0 Å². The number of aromatic nitrogens is 1. The van der Waals surface area contributed by atoms with Gasteiger partial charge in [-0.3, -0.25) is 14.6 Å². The molecule has 1 heterocycles. The van der Waals surface area contributed by atoms with E-state index < -0.39 is 29.3 Å².